The molecule has 2 N–H and O–H groups in total. The molecular weight excluding hydrogens is 466 g/mol. The van der Waals surface area contributed by atoms with Crippen molar-refractivity contribution in [2.75, 3.05) is 43.4 Å². The molecule has 1 aliphatic rings. The van der Waals surface area contributed by atoms with E-state index in [2.05, 4.69) is 15.5 Å². The quantitative estimate of drug-likeness (QED) is 0.548. The molecule has 2 aromatic rings. The fourth-order valence-electron chi connectivity index (χ4n) is 4.48. The van der Waals surface area contributed by atoms with Gasteiger partial charge in [-0.3, -0.25) is 9.59 Å². The Hall–Kier alpha value is -3.55. The van der Waals surface area contributed by atoms with E-state index < -0.39 is 0 Å². The molecule has 0 spiro atoms. The first-order chi connectivity index (χ1) is 17.6. The Labute approximate surface area is 221 Å². The van der Waals surface area contributed by atoms with Crippen molar-refractivity contribution >= 4 is 29.2 Å². The topological polar surface area (TPSA) is 85.0 Å². The third-order valence-corrected chi connectivity index (χ3v) is 6.25. The van der Waals surface area contributed by atoms with Crippen LogP contribution in [0.4, 0.5) is 16.2 Å². The number of hydrogen-bond acceptors (Lipinski definition) is 4. The monoisotopic (exact) mass is 507 g/mol. The smallest absolute Gasteiger partial charge is 0.317 e. The summed E-state index contributed by atoms with van der Waals surface area (Å²) in [5.41, 5.74) is 3.01. The zero-order valence-corrected chi connectivity index (χ0v) is 22.8. The number of carbonyl (C=O) groups excluding carboxylic acids is 3. The van der Waals surface area contributed by atoms with Gasteiger partial charge in [0.1, 0.15) is 0 Å². The van der Waals surface area contributed by atoms with Crippen molar-refractivity contribution < 1.29 is 14.4 Å². The van der Waals surface area contributed by atoms with Crippen LogP contribution >= 0.6 is 0 Å². The van der Waals surface area contributed by atoms with Crippen LogP contribution in [0.5, 0.6) is 0 Å². The van der Waals surface area contributed by atoms with E-state index in [1.54, 1.807) is 18.0 Å². The maximum Gasteiger partial charge on any atom is 0.317 e. The fraction of sp³-hybridized carbons (Fsp3) is 0.483. The second-order valence-electron chi connectivity index (χ2n) is 10.5. The van der Waals surface area contributed by atoms with Gasteiger partial charge in [-0.1, -0.05) is 44.2 Å². The Morgan fingerprint density at radius 3 is 2.35 bits per heavy atom. The summed E-state index contributed by atoms with van der Waals surface area (Å²) in [6.45, 7) is 11.0. The third kappa shape index (κ3) is 8.23. The fourth-order valence-corrected chi connectivity index (χ4v) is 4.48. The van der Waals surface area contributed by atoms with Gasteiger partial charge in [0.25, 0.3) is 5.91 Å². The van der Waals surface area contributed by atoms with E-state index in [1.165, 1.54) is 0 Å². The highest BCUT2D eigenvalue weighted by Crippen LogP contribution is 2.28. The van der Waals surface area contributed by atoms with Crippen LogP contribution in [0.1, 0.15) is 56.5 Å². The molecule has 1 aliphatic heterocycles. The Balaban J connectivity index is 1.85. The molecule has 0 aromatic heterocycles. The molecule has 3 rings (SSSR count). The summed E-state index contributed by atoms with van der Waals surface area (Å²) in [7, 11) is 1.80. The first-order valence-corrected chi connectivity index (χ1v) is 13.2. The van der Waals surface area contributed by atoms with Crippen molar-refractivity contribution in [2.45, 2.75) is 53.1 Å². The van der Waals surface area contributed by atoms with Gasteiger partial charge < -0.3 is 25.3 Å². The maximum absolute atomic E-state index is 13.7. The molecule has 8 heteroatoms. The highest BCUT2D eigenvalue weighted by molar-refractivity contribution is 6.02. The molecule has 1 fully saturated rings. The molecule has 0 bridgehead atoms. The highest BCUT2D eigenvalue weighted by Gasteiger charge is 2.25. The molecule has 0 radical (unpaired) electrons. The van der Waals surface area contributed by atoms with Crippen LogP contribution < -0.4 is 15.5 Å². The molecule has 1 heterocycles. The lowest BCUT2D eigenvalue weighted by atomic mass is 10.1. The summed E-state index contributed by atoms with van der Waals surface area (Å²) in [5.74, 6) is 0.0585. The molecule has 0 atom stereocenters. The van der Waals surface area contributed by atoms with Crippen molar-refractivity contribution in [3.05, 3.63) is 59.7 Å². The average Bonchev–Trinajstić information content (AvgIpc) is 3.09. The van der Waals surface area contributed by atoms with E-state index in [4.69, 9.17) is 0 Å². The van der Waals surface area contributed by atoms with E-state index in [1.807, 2.05) is 75.1 Å². The van der Waals surface area contributed by atoms with E-state index in [0.29, 0.717) is 43.9 Å². The molecule has 2 aromatic carbocycles. The number of anilines is 2. The van der Waals surface area contributed by atoms with E-state index >= 15 is 0 Å². The number of nitrogens with zero attached hydrogens (tertiary/aromatic N) is 3. The minimum atomic E-state index is -0.113. The van der Waals surface area contributed by atoms with Gasteiger partial charge in [0.05, 0.1) is 5.56 Å². The van der Waals surface area contributed by atoms with Crippen molar-refractivity contribution in [2.24, 2.45) is 5.92 Å². The Bertz CT molecular complexity index is 1070. The number of carbonyl (C=O) groups is 3. The lowest BCUT2D eigenvalue weighted by Crippen LogP contribution is -2.44. The zero-order valence-electron chi connectivity index (χ0n) is 22.8. The first-order valence-electron chi connectivity index (χ1n) is 13.2. The molecule has 0 aliphatic carbocycles. The van der Waals surface area contributed by atoms with Crippen LogP contribution in [0.2, 0.25) is 0 Å². The van der Waals surface area contributed by atoms with Crippen LogP contribution in [0, 0.1) is 5.92 Å². The van der Waals surface area contributed by atoms with E-state index in [-0.39, 0.29) is 29.8 Å². The van der Waals surface area contributed by atoms with E-state index in [9.17, 15) is 14.4 Å². The molecule has 4 amide bonds. The zero-order chi connectivity index (χ0) is 26.9. The lowest BCUT2D eigenvalue weighted by molar-refractivity contribution is -0.116. The molecule has 0 unspecified atom stereocenters. The molecule has 8 nitrogen and oxygen atoms in total. The second kappa shape index (κ2) is 13.1. The van der Waals surface area contributed by atoms with Gasteiger partial charge in [0, 0.05) is 63.6 Å². The van der Waals surface area contributed by atoms with Gasteiger partial charge in [-0.25, -0.2) is 4.79 Å². The Kier molecular flexibility index (Phi) is 9.94. The van der Waals surface area contributed by atoms with Crippen LogP contribution in [0.25, 0.3) is 0 Å². The average molecular weight is 508 g/mol. The summed E-state index contributed by atoms with van der Waals surface area (Å²) in [5, 5.41) is 5.92. The molecule has 37 heavy (non-hydrogen) atoms. The molecule has 1 saturated heterocycles. The van der Waals surface area contributed by atoms with Crippen LogP contribution in [0.15, 0.2) is 48.5 Å². The lowest BCUT2D eigenvalue weighted by Gasteiger charge is -2.28. The summed E-state index contributed by atoms with van der Waals surface area (Å²) >= 11 is 0. The maximum atomic E-state index is 13.7. The van der Waals surface area contributed by atoms with Gasteiger partial charge in [0.2, 0.25) is 5.91 Å². The van der Waals surface area contributed by atoms with E-state index in [0.717, 1.165) is 24.2 Å². The molecule has 200 valence electrons. The number of amides is 4. The Morgan fingerprint density at radius 2 is 1.68 bits per heavy atom. The van der Waals surface area contributed by atoms with Crippen molar-refractivity contribution in [3.63, 3.8) is 0 Å². The van der Waals surface area contributed by atoms with Gasteiger partial charge >= 0.3 is 6.03 Å². The van der Waals surface area contributed by atoms with Gasteiger partial charge in [-0.05, 0) is 49.9 Å². The summed E-state index contributed by atoms with van der Waals surface area (Å²) < 4.78 is 0. The number of benzene rings is 2. The standard InChI is InChI=1S/C29H41N5O3/c1-21(2)18-27(35)31-24-12-13-26(33-14-9-15-34(17-16-33)29(37)30-22(3)4)25(19-24)28(36)32(5)20-23-10-7-6-8-11-23/h6-8,10-13,19,21-22H,9,14-18,20H2,1-5H3,(H,30,37)(H,31,35). The summed E-state index contributed by atoms with van der Waals surface area (Å²) in [6, 6.07) is 15.5. The largest absolute Gasteiger partial charge is 0.369 e. The SMILES string of the molecule is CC(C)CC(=O)Nc1ccc(N2CCCN(C(=O)NC(C)C)CC2)c(C(=O)N(C)Cc2ccccc2)c1. The predicted molar refractivity (Wildman–Crippen MR) is 149 cm³/mol. The normalized spacial score (nSPS) is 13.9. The number of nitrogens with one attached hydrogen (secondary N) is 2. The van der Waals surface area contributed by atoms with Crippen LogP contribution in [-0.4, -0.2) is 66.9 Å². The van der Waals surface area contributed by atoms with Crippen molar-refractivity contribution in [1.82, 2.24) is 15.1 Å². The molecule has 0 saturated carbocycles. The molecular formula is C29H41N5O3. The Morgan fingerprint density at radius 1 is 0.946 bits per heavy atom. The second-order valence-corrected chi connectivity index (χ2v) is 10.5. The minimum Gasteiger partial charge on any atom is -0.369 e. The third-order valence-electron chi connectivity index (χ3n) is 6.25. The minimum absolute atomic E-state index is 0.0565. The predicted octanol–water partition coefficient (Wildman–Crippen LogP) is 4.57. The number of urea groups is 1. The van der Waals surface area contributed by atoms with Gasteiger partial charge in [0.15, 0.2) is 0 Å². The summed E-state index contributed by atoms with van der Waals surface area (Å²) in [6.07, 6.45) is 1.21. The van der Waals surface area contributed by atoms with Crippen molar-refractivity contribution in [3.8, 4) is 0 Å². The number of hydrogen-bond donors (Lipinski definition) is 2. The highest BCUT2D eigenvalue weighted by atomic mass is 16.2. The van der Waals surface area contributed by atoms with Crippen LogP contribution in [-0.2, 0) is 11.3 Å². The summed E-state index contributed by atoms with van der Waals surface area (Å²) in [4.78, 5) is 44.4. The first kappa shape index (κ1) is 28.0. The van der Waals surface area contributed by atoms with Gasteiger partial charge in [-0.2, -0.15) is 0 Å². The van der Waals surface area contributed by atoms with Crippen LogP contribution in [0.3, 0.4) is 0 Å². The van der Waals surface area contributed by atoms with Gasteiger partial charge in [-0.15, -0.1) is 0 Å². The van der Waals surface area contributed by atoms with Crippen molar-refractivity contribution in [1.29, 1.82) is 0 Å². The number of rotatable bonds is 8.